The molecule has 1 aliphatic heterocycles. The first-order valence-corrected chi connectivity index (χ1v) is 8.91. The van der Waals surface area contributed by atoms with Crippen LogP contribution in [0.15, 0.2) is 24.3 Å². The summed E-state index contributed by atoms with van der Waals surface area (Å²) < 4.78 is 30.2. The fourth-order valence-electron chi connectivity index (χ4n) is 2.42. The maximum absolute atomic E-state index is 12.5. The van der Waals surface area contributed by atoms with Crippen LogP contribution in [0.5, 0.6) is 0 Å². The molecular weight excluding hydrogens is 306 g/mol. The second-order valence-electron chi connectivity index (χ2n) is 5.51. The van der Waals surface area contributed by atoms with Crippen molar-refractivity contribution in [3.8, 4) is 0 Å². The molecule has 0 spiro atoms. The van der Waals surface area contributed by atoms with E-state index in [1.54, 1.807) is 24.3 Å². The molecule has 0 atom stereocenters. The van der Waals surface area contributed by atoms with Gasteiger partial charge in [-0.25, -0.2) is 8.42 Å². The van der Waals surface area contributed by atoms with E-state index in [2.05, 4.69) is 10.0 Å². The highest BCUT2D eigenvalue weighted by Gasteiger charge is 2.38. The molecule has 0 aliphatic carbocycles. The zero-order valence-electron chi connectivity index (χ0n) is 12.5. The van der Waals surface area contributed by atoms with Crippen molar-refractivity contribution in [2.24, 2.45) is 11.1 Å². The van der Waals surface area contributed by atoms with Crippen molar-refractivity contribution in [1.82, 2.24) is 0 Å². The molecule has 2 rings (SSSR count). The molecule has 22 heavy (non-hydrogen) atoms. The second kappa shape index (κ2) is 6.64. The lowest BCUT2D eigenvalue weighted by molar-refractivity contribution is -0.130. The molecule has 4 N–H and O–H groups in total. The van der Waals surface area contributed by atoms with E-state index in [9.17, 15) is 13.2 Å². The Morgan fingerprint density at radius 2 is 1.95 bits per heavy atom. The molecule has 0 bridgehead atoms. The Hall–Kier alpha value is -1.64. The van der Waals surface area contributed by atoms with Crippen LogP contribution in [-0.2, 0) is 19.6 Å². The van der Waals surface area contributed by atoms with Gasteiger partial charge in [0.05, 0.1) is 17.4 Å². The number of hydrogen-bond acceptors (Lipinski definition) is 5. The third kappa shape index (κ3) is 4.19. The van der Waals surface area contributed by atoms with Gasteiger partial charge in [-0.15, -0.1) is 0 Å². The van der Waals surface area contributed by atoms with Crippen LogP contribution in [0.1, 0.15) is 12.8 Å². The minimum absolute atomic E-state index is 0.158. The fraction of sp³-hybridized carbons (Fsp3) is 0.500. The summed E-state index contributed by atoms with van der Waals surface area (Å²) >= 11 is 0. The molecule has 1 fully saturated rings. The molecule has 1 heterocycles. The Kier molecular flexibility index (Phi) is 5.05. The first kappa shape index (κ1) is 16.7. The molecule has 1 saturated heterocycles. The number of rotatable bonds is 5. The molecule has 1 aromatic rings. The predicted molar refractivity (Wildman–Crippen MR) is 85.1 cm³/mol. The highest BCUT2D eigenvalue weighted by atomic mass is 32.2. The van der Waals surface area contributed by atoms with Gasteiger partial charge in [-0.05, 0) is 31.0 Å². The number of carbonyl (C=O) groups excluding carboxylic acids is 1. The Morgan fingerprint density at radius 3 is 2.55 bits per heavy atom. The van der Waals surface area contributed by atoms with Crippen LogP contribution < -0.4 is 15.8 Å². The first-order valence-electron chi connectivity index (χ1n) is 7.02. The molecule has 0 saturated carbocycles. The van der Waals surface area contributed by atoms with Crippen LogP contribution in [0.4, 0.5) is 11.4 Å². The number of benzene rings is 1. The van der Waals surface area contributed by atoms with E-state index < -0.39 is 15.4 Å². The fourth-order valence-corrected chi connectivity index (χ4v) is 2.98. The SMILES string of the molecule is CS(=O)(=O)Nc1cccc(NC(=O)C2(CN)CCOCC2)c1. The summed E-state index contributed by atoms with van der Waals surface area (Å²) in [7, 11) is -3.36. The van der Waals surface area contributed by atoms with Gasteiger partial charge in [0.25, 0.3) is 0 Å². The van der Waals surface area contributed by atoms with Crippen LogP contribution in [0, 0.1) is 5.41 Å². The van der Waals surface area contributed by atoms with Crippen LogP contribution in [0.25, 0.3) is 0 Å². The number of ether oxygens (including phenoxy) is 1. The van der Waals surface area contributed by atoms with Gasteiger partial charge in [0.2, 0.25) is 15.9 Å². The summed E-state index contributed by atoms with van der Waals surface area (Å²) in [6, 6.07) is 6.56. The second-order valence-corrected chi connectivity index (χ2v) is 7.25. The summed E-state index contributed by atoms with van der Waals surface area (Å²) in [6.45, 7) is 1.28. The molecule has 0 radical (unpaired) electrons. The normalized spacial score (nSPS) is 17.7. The number of anilines is 2. The third-order valence-corrected chi connectivity index (χ3v) is 4.35. The largest absolute Gasteiger partial charge is 0.381 e. The summed E-state index contributed by atoms with van der Waals surface area (Å²) in [6.07, 6.45) is 2.23. The quantitative estimate of drug-likeness (QED) is 0.739. The van der Waals surface area contributed by atoms with Crippen molar-refractivity contribution < 1.29 is 17.9 Å². The van der Waals surface area contributed by atoms with E-state index in [1.807, 2.05) is 0 Å². The molecule has 8 heteroatoms. The highest BCUT2D eigenvalue weighted by Crippen LogP contribution is 2.31. The maximum atomic E-state index is 12.5. The molecular formula is C14H21N3O4S. The monoisotopic (exact) mass is 327 g/mol. The summed E-state index contributed by atoms with van der Waals surface area (Å²) in [5, 5.41) is 2.82. The molecule has 1 amide bonds. The molecule has 122 valence electrons. The van der Waals surface area contributed by atoms with Gasteiger partial charge in [-0.3, -0.25) is 9.52 Å². The van der Waals surface area contributed by atoms with E-state index in [0.717, 1.165) is 6.26 Å². The number of carbonyl (C=O) groups is 1. The molecule has 1 aromatic carbocycles. The van der Waals surface area contributed by atoms with Gasteiger partial charge in [0.15, 0.2) is 0 Å². The Morgan fingerprint density at radius 1 is 1.32 bits per heavy atom. The average molecular weight is 327 g/mol. The average Bonchev–Trinajstić information content (AvgIpc) is 2.46. The third-order valence-electron chi connectivity index (χ3n) is 3.75. The van der Waals surface area contributed by atoms with E-state index in [-0.39, 0.29) is 12.5 Å². The van der Waals surface area contributed by atoms with Crippen LogP contribution in [0.2, 0.25) is 0 Å². The van der Waals surface area contributed by atoms with Gasteiger partial charge >= 0.3 is 0 Å². The van der Waals surface area contributed by atoms with Crippen molar-refractivity contribution in [1.29, 1.82) is 0 Å². The number of nitrogens with two attached hydrogens (primary N) is 1. The van der Waals surface area contributed by atoms with Crippen molar-refractivity contribution in [2.45, 2.75) is 12.8 Å². The van der Waals surface area contributed by atoms with Crippen molar-refractivity contribution in [3.63, 3.8) is 0 Å². The topological polar surface area (TPSA) is 111 Å². The predicted octanol–water partition coefficient (Wildman–Crippen LogP) is 0.752. The van der Waals surface area contributed by atoms with E-state index >= 15 is 0 Å². The summed E-state index contributed by atoms with van der Waals surface area (Å²) in [5.74, 6) is -0.158. The Bertz CT molecular complexity index is 639. The highest BCUT2D eigenvalue weighted by molar-refractivity contribution is 7.92. The van der Waals surface area contributed by atoms with E-state index in [4.69, 9.17) is 10.5 Å². The zero-order chi connectivity index (χ0) is 16.2. The smallest absolute Gasteiger partial charge is 0.232 e. The van der Waals surface area contributed by atoms with Gasteiger partial charge in [-0.1, -0.05) is 6.07 Å². The molecule has 7 nitrogen and oxygen atoms in total. The Balaban J connectivity index is 2.12. The lowest BCUT2D eigenvalue weighted by atomic mass is 9.79. The molecule has 0 unspecified atom stereocenters. The number of hydrogen-bond donors (Lipinski definition) is 3. The summed E-state index contributed by atoms with van der Waals surface area (Å²) in [5.41, 5.74) is 6.09. The maximum Gasteiger partial charge on any atom is 0.232 e. The van der Waals surface area contributed by atoms with E-state index in [0.29, 0.717) is 37.4 Å². The van der Waals surface area contributed by atoms with Crippen molar-refractivity contribution in [2.75, 3.05) is 36.1 Å². The van der Waals surface area contributed by atoms with Gasteiger partial charge in [0.1, 0.15) is 0 Å². The van der Waals surface area contributed by atoms with Crippen molar-refractivity contribution >= 4 is 27.3 Å². The minimum Gasteiger partial charge on any atom is -0.381 e. The van der Waals surface area contributed by atoms with Crippen molar-refractivity contribution in [3.05, 3.63) is 24.3 Å². The van der Waals surface area contributed by atoms with Crippen LogP contribution in [0.3, 0.4) is 0 Å². The zero-order valence-corrected chi connectivity index (χ0v) is 13.3. The van der Waals surface area contributed by atoms with Gasteiger partial charge < -0.3 is 15.8 Å². The lowest BCUT2D eigenvalue weighted by Crippen LogP contribution is -2.46. The Labute approximate surface area is 130 Å². The van der Waals surface area contributed by atoms with Gasteiger partial charge in [-0.2, -0.15) is 0 Å². The number of nitrogens with one attached hydrogen (secondary N) is 2. The standard InChI is InChI=1S/C14H21N3O4S/c1-22(19,20)17-12-4-2-3-11(9-12)16-13(18)14(10-15)5-7-21-8-6-14/h2-4,9,17H,5-8,10,15H2,1H3,(H,16,18). The molecule has 0 aromatic heterocycles. The number of sulfonamides is 1. The summed E-state index contributed by atoms with van der Waals surface area (Å²) in [4.78, 5) is 12.5. The minimum atomic E-state index is -3.36. The van der Waals surface area contributed by atoms with Crippen LogP contribution in [-0.4, -0.2) is 40.3 Å². The van der Waals surface area contributed by atoms with Crippen LogP contribution >= 0.6 is 0 Å². The lowest BCUT2D eigenvalue weighted by Gasteiger charge is -2.34. The van der Waals surface area contributed by atoms with Gasteiger partial charge in [0, 0.05) is 25.4 Å². The number of amides is 1. The van der Waals surface area contributed by atoms with E-state index in [1.165, 1.54) is 0 Å². The molecule has 1 aliphatic rings. The first-order chi connectivity index (χ1) is 10.3.